The first-order valence-electron chi connectivity index (χ1n) is 5.78. The fourth-order valence-electron chi connectivity index (χ4n) is 1.82. The molecule has 0 bridgehead atoms. The maximum atomic E-state index is 13.2. The average molecular weight is 371 g/mol. The molecule has 0 amide bonds. The molecule has 2 aromatic rings. The molecular weight excluding hydrogens is 364 g/mol. The largest absolute Gasteiger partial charge is 0.292 e. The molecule has 0 heterocycles. The Kier molecular flexibility index (Phi) is 4.71. The number of carbonyl (C=O) groups is 1. The minimum absolute atomic E-state index is 0.00363. The highest BCUT2D eigenvalue weighted by Crippen LogP contribution is 2.29. The lowest BCUT2D eigenvalue weighted by molar-refractivity contribution is 0.0978. The van der Waals surface area contributed by atoms with E-state index in [0.29, 0.717) is 0 Å². The van der Waals surface area contributed by atoms with E-state index in [-0.39, 0.29) is 20.6 Å². The first kappa shape index (κ1) is 15.6. The van der Waals surface area contributed by atoms with Crippen LogP contribution in [0.5, 0.6) is 0 Å². The predicted molar refractivity (Wildman–Crippen MR) is 78.2 cm³/mol. The minimum Gasteiger partial charge on any atom is -0.292 e. The van der Waals surface area contributed by atoms with Gasteiger partial charge in [-0.25, -0.2) is 8.78 Å². The van der Waals surface area contributed by atoms with Crippen LogP contribution in [0.3, 0.4) is 0 Å². The number of nitrogens with zero attached hydrogens (tertiary/aromatic N) is 1. The van der Waals surface area contributed by atoms with Crippen molar-refractivity contribution in [3.63, 3.8) is 0 Å². The average Bonchev–Trinajstić information content (AvgIpc) is 2.44. The molecule has 0 aliphatic carbocycles. The lowest BCUT2D eigenvalue weighted by atomic mass is 9.92. The second-order valence-electron chi connectivity index (χ2n) is 4.22. The fourth-order valence-corrected chi connectivity index (χ4v) is 2.48. The highest BCUT2D eigenvalue weighted by molar-refractivity contribution is 9.10. The lowest BCUT2D eigenvalue weighted by Gasteiger charge is -2.11. The normalized spacial score (nSPS) is 11.8. The molecule has 0 N–H and O–H groups in total. The first-order valence-corrected chi connectivity index (χ1v) is 6.95. The van der Waals surface area contributed by atoms with Crippen molar-refractivity contribution in [3.8, 4) is 6.07 Å². The SMILES string of the molecule is N#CC(C(=O)c1ccc(F)c(Br)c1)c1ccc(F)cc1Cl. The van der Waals surface area contributed by atoms with Crippen LogP contribution >= 0.6 is 27.5 Å². The highest BCUT2D eigenvalue weighted by atomic mass is 79.9. The molecular formula is C15H7BrClF2NO. The molecule has 2 aromatic carbocycles. The minimum atomic E-state index is -1.18. The summed E-state index contributed by atoms with van der Waals surface area (Å²) < 4.78 is 26.3. The number of Topliss-reactive ketones (excluding diaryl/α,β-unsaturated/α-hetero) is 1. The van der Waals surface area contributed by atoms with Crippen molar-refractivity contribution < 1.29 is 13.6 Å². The third-order valence-corrected chi connectivity index (χ3v) is 3.80. The zero-order valence-electron chi connectivity index (χ0n) is 10.4. The molecule has 0 saturated carbocycles. The third-order valence-electron chi connectivity index (χ3n) is 2.87. The predicted octanol–water partition coefficient (Wildman–Crippen LogP) is 4.87. The number of ketones is 1. The van der Waals surface area contributed by atoms with E-state index in [9.17, 15) is 18.8 Å². The fraction of sp³-hybridized carbons (Fsp3) is 0.0667. The van der Waals surface area contributed by atoms with Crippen molar-refractivity contribution in [1.29, 1.82) is 5.26 Å². The number of hydrogen-bond donors (Lipinski definition) is 0. The van der Waals surface area contributed by atoms with Gasteiger partial charge in [0.05, 0.1) is 10.5 Å². The quantitative estimate of drug-likeness (QED) is 0.723. The number of hydrogen-bond acceptors (Lipinski definition) is 2. The second kappa shape index (κ2) is 6.33. The van der Waals surface area contributed by atoms with E-state index >= 15 is 0 Å². The molecule has 0 aromatic heterocycles. The number of carbonyl (C=O) groups excluding carboxylic acids is 1. The van der Waals surface area contributed by atoms with Crippen LogP contribution < -0.4 is 0 Å². The van der Waals surface area contributed by atoms with E-state index in [1.807, 2.05) is 6.07 Å². The van der Waals surface area contributed by atoms with Gasteiger partial charge < -0.3 is 0 Å². The van der Waals surface area contributed by atoms with Crippen molar-refractivity contribution in [2.75, 3.05) is 0 Å². The van der Waals surface area contributed by atoms with Gasteiger partial charge >= 0.3 is 0 Å². The smallest absolute Gasteiger partial charge is 0.184 e. The van der Waals surface area contributed by atoms with E-state index in [1.54, 1.807) is 0 Å². The van der Waals surface area contributed by atoms with Crippen LogP contribution in [0.1, 0.15) is 21.8 Å². The third kappa shape index (κ3) is 3.29. The Hall–Kier alpha value is -1.77. The van der Waals surface area contributed by atoms with Gasteiger partial charge in [0.15, 0.2) is 5.78 Å². The first-order chi connectivity index (χ1) is 9.93. The molecule has 0 saturated heterocycles. The van der Waals surface area contributed by atoms with Gasteiger partial charge in [-0.05, 0) is 51.8 Å². The molecule has 6 heteroatoms. The summed E-state index contributed by atoms with van der Waals surface area (Å²) in [6.07, 6.45) is 0. The van der Waals surface area contributed by atoms with Crippen LogP contribution in [0, 0.1) is 23.0 Å². The molecule has 1 unspecified atom stereocenters. The molecule has 106 valence electrons. The van der Waals surface area contributed by atoms with Gasteiger partial charge in [-0.15, -0.1) is 0 Å². The summed E-state index contributed by atoms with van der Waals surface area (Å²) in [5.74, 6) is -2.79. The van der Waals surface area contributed by atoms with Crippen LogP contribution in [-0.2, 0) is 0 Å². The number of nitriles is 1. The van der Waals surface area contributed by atoms with E-state index in [1.165, 1.54) is 18.2 Å². The maximum absolute atomic E-state index is 13.2. The van der Waals surface area contributed by atoms with Gasteiger partial charge in [0.25, 0.3) is 0 Å². The van der Waals surface area contributed by atoms with Crippen LogP contribution in [0.4, 0.5) is 8.78 Å². The summed E-state index contributed by atoms with van der Waals surface area (Å²) in [4.78, 5) is 12.4. The highest BCUT2D eigenvalue weighted by Gasteiger charge is 2.24. The van der Waals surface area contributed by atoms with Gasteiger partial charge in [0, 0.05) is 10.6 Å². The van der Waals surface area contributed by atoms with Crippen molar-refractivity contribution in [1.82, 2.24) is 0 Å². The van der Waals surface area contributed by atoms with Gasteiger partial charge in [0.2, 0.25) is 0 Å². The molecule has 0 aliphatic heterocycles. The van der Waals surface area contributed by atoms with Crippen molar-refractivity contribution in [2.24, 2.45) is 0 Å². The Bertz CT molecular complexity index is 758. The number of rotatable bonds is 3. The Morgan fingerprint density at radius 3 is 2.52 bits per heavy atom. The Balaban J connectivity index is 2.43. The molecule has 2 rings (SSSR count). The Labute approximate surface area is 133 Å². The number of benzene rings is 2. The van der Waals surface area contributed by atoms with Crippen molar-refractivity contribution in [3.05, 3.63) is 68.7 Å². The van der Waals surface area contributed by atoms with E-state index in [4.69, 9.17) is 11.6 Å². The second-order valence-corrected chi connectivity index (χ2v) is 5.48. The van der Waals surface area contributed by atoms with Crippen LogP contribution in [0.25, 0.3) is 0 Å². The van der Waals surface area contributed by atoms with Gasteiger partial charge in [-0.3, -0.25) is 4.79 Å². The van der Waals surface area contributed by atoms with Crippen LogP contribution in [0.2, 0.25) is 5.02 Å². The Morgan fingerprint density at radius 2 is 1.95 bits per heavy atom. The summed E-state index contributed by atoms with van der Waals surface area (Å²) in [5, 5.41) is 9.22. The van der Waals surface area contributed by atoms with E-state index in [2.05, 4.69) is 15.9 Å². The van der Waals surface area contributed by atoms with Gasteiger partial charge in [-0.2, -0.15) is 5.26 Å². The van der Waals surface area contributed by atoms with Gasteiger partial charge in [0.1, 0.15) is 17.6 Å². The zero-order chi connectivity index (χ0) is 15.6. The summed E-state index contributed by atoms with van der Waals surface area (Å²) in [6.45, 7) is 0. The molecule has 0 aliphatic rings. The van der Waals surface area contributed by atoms with E-state index < -0.39 is 23.3 Å². The topological polar surface area (TPSA) is 40.9 Å². The van der Waals surface area contributed by atoms with E-state index in [0.717, 1.165) is 18.2 Å². The summed E-state index contributed by atoms with van der Waals surface area (Å²) >= 11 is 8.86. The number of halogens is 4. The zero-order valence-corrected chi connectivity index (χ0v) is 12.8. The molecule has 21 heavy (non-hydrogen) atoms. The molecule has 2 nitrogen and oxygen atoms in total. The van der Waals surface area contributed by atoms with Crippen molar-refractivity contribution >= 4 is 33.3 Å². The van der Waals surface area contributed by atoms with Crippen molar-refractivity contribution in [2.45, 2.75) is 5.92 Å². The molecule has 1 atom stereocenters. The van der Waals surface area contributed by atoms with Crippen LogP contribution in [0.15, 0.2) is 40.9 Å². The summed E-state index contributed by atoms with van der Waals surface area (Å²) in [7, 11) is 0. The Morgan fingerprint density at radius 1 is 1.24 bits per heavy atom. The summed E-state index contributed by atoms with van der Waals surface area (Å²) in [5.41, 5.74) is 0.376. The van der Waals surface area contributed by atoms with Crippen LogP contribution in [-0.4, -0.2) is 5.78 Å². The summed E-state index contributed by atoms with van der Waals surface area (Å²) in [6, 6.07) is 9.00. The maximum Gasteiger partial charge on any atom is 0.184 e. The molecule has 0 radical (unpaired) electrons. The molecule has 0 fully saturated rings. The standard InChI is InChI=1S/C15H7BrClF2NO/c16-12-5-8(1-4-14(12)19)15(21)11(7-20)10-3-2-9(18)6-13(10)17/h1-6,11H. The van der Waals surface area contributed by atoms with Gasteiger partial charge in [-0.1, -0.05) is 17.7 Å². The monoisotopic (exact) mass is 369 g/mol. The lowest BCUT2D eigenvalue weighted by Crippen LogP contribution is -2.12. The molecule has 0 spiro atoms.